The molecule has 1 saturated carbocycles. The lowest BCUT2D eigenvalue weighted by Gasteiger charge is -2.29. The lowest BCUT2D eigenvalue weighted by Crippen LogP contribution is -2.41. The van der Waals surface area contributed by atoms with Gasteiger partial charge in [-0.25, -0.2) is 9.97 Å². The number of nitrogens with two attached hydrogens (primary N) is 1. The van der Waals surface area contributed by atoms with E-state index in [2.05, 4.69) is 56.6 Å². The molecule has 3 aliphatic rings. The van der Waals surface area contributed by atoms with Crippen LogP contribution in [0.4, 0.5) is 11.4 Å². The molecule has 1 saturated heterocycles. The number of aromatic nitrogens is 3. The van der Waals surface area contributed by atoms with Crippen LogP contribution in [0.1, 0.15) is 6.42 Å². The third kappa shape index (κ3) is 3.22. The Morgan fingerprint density at radius 3 is 2.88 bits per heavy atom. The van der Waals surface area contributed by atoms with Gasteiger partial charge in [-0.2, -0.15) is 0 Å². The number of benzene rings is 1. The summed E-state index contributed by atoms with van der Waals surface area (Å²) >= 11 is 0. The summed E-state index contributed by atoms with van der Waals surface area (Å²) in [5.41, 5.74) is 10.3. The van der Waals surface area contributed by atoms with Gasteiger partial charge in [-0.3, -0.25) is 4.79 Å². The number of pyridine rings is 1. The van der Waals surface area contributed by atoms with Crippen LogP contribution in [0.25, 0.3) is 22.6 Å². The predicted molar refractivity (Wildman–Crippen MR) is 123 cm³/mol. The number of carbonyl (C=O) groups excluding carboxylic acids is 1. The summed E-state index contributed by atoms with van der Waals surface area (Å²) in [4.78, 5) is 27.1. The Labute approximate surface area is 185 Å². The second kappa shape index (κ2) is 7.63. The molecule has 3 heterocycles. The molecule has 0 radical (unpaired) electrons. The number of H-pyrrole nitrogens is 1. The number of nitrogens with one attached hydrogen (secondary N) is 2. The zero-order chi connectivity index (χ0) is 21.7. The van der Waals surface area contributed by atoms with Gasteiger partial charge < -0.3 is 25.7 Å². The molecule has 2 fully saturated rings. The number of morpholine rings is 1. The van der Waals surface area contributed by atoms with Gasteiger partial charge in [0, 0.05) is 36.6 Å². The first-order valence-electron chi connectivity index (χ1n) is 11.2. The van der Waals surface area contributed by atoms with Gasteiger partial charge in [-0.1, -0.05) is 24.3 Å². The number of nitrogens with zero attached hydrogens (tertiary/aromatic N) is 3. The Morgan fingerprint density at radius 2 is 2.03 bits per heavy atom. The number of ether oxygens (including phenoxy) is 1. The van der Waals surface area contributed by atoms with Gasteiger partial charge in [0.1, 0.15) is 11.3 Å². The minimum Gasteiger partial charge on any atom is -0.379 e. The molecule has 4 N–H and O–H groups in total. The number of amides is 1. The first kappa shape index (κ1) is 19.3. The highest BCUT2D eigenvalue weighted by Crippen LogP contribution is 2.45. The van der Waals surface area contributed by atoms with E-state index in [4.69, 9.17) is 15.5 Å². The molecule has 4 atom stereocenters. The van der Waals surface area contributed by atoms with Gasteiger partial charge in [-0.15, -0.1) is 0 Å². The predicted octanol–water partition coefficient (Wildman–Crippen LogP) is 2.55. The van der Waals surface area contributed by atoms with E-state index in [9.17, 15) is 4.79 Å². The van der Waals surface area contributed by atoms with Crippen molar-refractivity contribution in [2.45, 2.75) is 12.5 Å². The molecule has 164 valence electrons. The molecule has 6 rings (SSSR count). The molecule has 2 aromatic heterocycles. The molecule has 32 heavy (non-hydrogen) atoms. The largest absolute Gasteiger partial charge is 0.379 e. The van der Waals surface area contributed by atoms with Crippen LogP contribution >= 0.6 is 0 Å². The molecule has 3 aromatic rings. The first-order valence-corrected chi connectivity index (χ1v) is 11.2. The summed E-state index contributed by atoms with van der Waals surface area (Å²) in [5.74, 6) is 0.882. The quantitative estimate of drug-likeness (QED) is 0.537. The zero-order valence-corrected chi connectivity index (χ0v) is 17.7. The Bertz CT molecular complexity index is 1200. The molecule has 8 nitrogen and oxygen atoms in total. The smallest absolute Gasteiger partial charge is 0.223 e. The minimum atomic E-state index is -0.241. The van der Waals surface area contributed by atoms with Crippen LogP contribution in [-0.2, 0) is 9.53 Å². The maximum Gasteiger partial charge on any atom is 0.223 e. The van der Waals surface area contributed by atoms with Crippen molar-refractivity contribution in [1.82, 2.24) is 15.0 Å². The van der Waals surface area contributed by atoms with Crippen molar-refractivity contribution in [2.75, 3.05) is 36.5 Å². The van der Waals surface area contributed by atoms with Crippen molar-refractivity contribution in [2.24, 2.45) is 23.5 Å². The third-order valence-corrected chi connectivity index (χ3v) is 7.00. The number of rotatable bonds is 5. The monoisotopic (exact) mass is 430 g/mol. The summed E-state index contributed by atoms with van der Waals surface area (Å²) in [6, 6.07) is 10.3. The Morgan fingerprint density at radius 1 is 1.19 bits per heavy atom. The van der Waals surface area contributed by atoms with Crippen molar-refractivity contribution >= 4 is 28.4 Å². The molecular formula is C24H26N6O2. The second-order valence-electron chi connectivity index (χ2n) is 8.84. The number of hydrogen-bond acceptors (Lipinski definition) is 6. The molecule has 2 aliphatic carbocycles. The van der Waals surface area contributed by atoms with Gasteiger partial charge in [0.25, 0.3) is 0 Å². The fraction of sp³-hybridized carbons (Fsp3) is 0.375. The Kier molecular flexibility index (Phi) is 4.61. The van der Waals surface area contributed by atoms with E-state index < -0.39 is 0 Å². The molecule has 1 aromatic carbocycles. The molecule has 0 unspecified atom stereocenters. The standard InChI is InChI=1S/C24H26N6O2/c25-22(31)19-14-4-5-15(12-14)20(19)27-18-6-7-26-24-21(18)28-23(29-24)16-2-1-3-17(13-16)30-8-10-32-11-9-30/h1-7,13-15,19-20H,8-12H2,(H2,25,31)(H2,26,27,28,29)/t14-,15+,19+,20-/m1/s1. The summed E-state index contributed by atoms with van der Waals surface area (Å²) in [6.07, 6.45) is 7.07. The van der Waals surface area contributed by atoms with Crippen molar-refractivity contribution in [3.05, 3.63) is 48.7 Å². The number of imidazole rings is 1. The zero-order valence-electron chi connectivity index (χ0n) is 17.7. The Hall–Kier alpha value is -3.39. The van der Waals surface area contributed by atoms with Gasteiger partial charge in [-0.05, 0) is 36.5 Å². The SMILES string of the molecule is NC(=O)[C@@H]1[C@H](Nc2ccnc3nc(-c4cccc(N5CCOCC5)c4)[nH]c23)[C@H]2C=C[C@@H]1C2. The summed E-state index contributed by atoms with van der Waals surface area (Å²) in [7, 11) is 0. The van der Waals surface area contributed by atoms with Crippen molar-refractivity contribution < 1.29 is 9.53 Å². The molecule has 1 amide bonds. The molecular weight excluding hydrogens is 404 g/mol. The van der Waals surface area contributed by atoms with Crippen molar-refractivity contribution in [1.29, 1.82) is 0 Å². The van der Waals surface area contributed by atoms with Gasteiger partial charge in [0.2, 0.25) is 5.91 Å². The maximum absolute atomic E-state index is 12.1. The van der Waals surface area contributed by atoms with E-state index in [0.29, 0.717) is 11.6 Å². The lowest BCUT2D eigenvalue weighted by molar-refractivity contribution is -0.122. The summed E-state index contributed by atoms with van der Waals surface area (Å²) in [5, 5.41) is 3.59. The van der Waals surface area contributed by atoms with Crippen LogP contribution in [0, 0.1) is 17.8 Å². The molecule has 0 spiro atoms. The molecule has 1 aliphatic heterocycles. The van der Waals surface area contributed by atoms with Crippen molar-refractivity contribution in [3.8, 4) is 11.4 Å². The maximum atomic E-state index is 12.1. The number of aromatic amines is 1. The molecule has 8 heteroatoms. The van der Waals surface area contributed by atoms with Crippen LogP contribution in [0.15, 0.2) is 48.7 Å². The average molecular weight is 431 g/mol. The van der Waals surface area contributed by atoms with Crippen LogP contribution in [0.5, 0.6) is 0 Å². The number of allylic oxidation sites excluding steroid dienone is 1. The van der Waals surface area contributed by atoms with Gasteiger partial charge in [0.05, 0.1) is 24.8 Å². The topological polar surface area (TPSA) is 109 Å². The van der Waals surface area contributed by atoms with E-state index in [1.54, 1.807) is 6.20 Å². The van der Waals surface area contributed by atoms with E-state index in [0.717, 1.165) is 61.0 Å². The first-order chi connectivity index (χ1) is 15.7. The van der Waals surface area contributed by atoms with E-state index in [-0.39, 0.29) is 23.8 Å². The van der Waals surface area contributed by atoms with Crippen LogP contribution in [0.3, 0.4) is 0 Å². The van der Waals surface area contributed by atoms with Crippen LogP contribution < -0.4 is 16.0 Å². The molecule has 2 bridgehead atoms. The van der Waals surface area contributed by atoms with Gasteiger partial charge in [0.15, 0.2) is 5.65 Å². The Balaban J connectivity index is 1.32. The number of hydrogen-bond donors (Lipinski definition) is 3. The fourth-order valence-electron chi connectivity index (χ4n) is 5.43. The van der Waals surface area contributed by atoms with Crippen molar-refractivity contribution in [3.63, 3.8) is 0 Å². The summed E-state index contributed by atoms with van der Waals surface area (Å²) in [6.45, 7) is 3.27. The number of primary amides is 1. The second-order valence-corrected chi connectivity index (χ2v) is 8.84. The fourth-order valence-corrected chi connectivity index (χ4v) is 5.43. The highest BCUT2D eigenvalue weighted by atomic mass is 16.5. The van der Waals surface area contributed by atoms with Gasteiger partial charge >= 0.3 is 0 Å². The number of carbonyl (C=O) groups is 1. The highest BCUT2D eigenvalue weighted by molar-refractivity contribution is 5.89. The van der Waals surface area contributed by atoms with E-state index in [1.807, 2.05) is 6.07 Å². The summed E-state index contributed by atoms with van der Waals surface area (Å²) < 4.78 is 5.48. The number of fused-ring (bicyclic) bond motifs is 3. The van der Waals surface area contributed by atoms with Crippen LogP contribution in [-0.4, -0.2) is 53.2 Å². The third-order valence-electron chi connectivity index (χ3n) is 7.00. The minimum absolute atomic E-state index is 0.00972. The highest BCUT2D eigenvalue weighted by Gasteiger charge is 2.47. The average Bonchev–Trinajstić information content (AvgIpc) is 3.55. The van der Waals surface area contributed by atoms with E-state index in [1.165, 1.54) is 0 Å². The lowest BCUT2D eigenvalue weighted by atomic mass is 9.88. The van der Waals surface area contributed by atoms with Crippen LogP contribution in [0.2, 0.25) is 0 Å². The number of anilines is 2. The normalized spacial score (nSPS) is 26.7. The van der Waals surface area contributed by atoms with E-state index >= 15 is 0 Å².